The number of aromatic nitrogens is 1. The zero-order valence-electron chi connectivity index (χ0n) is 15.9. The second kappa shape index (κ2) is 7.12. The first kappa shape index (κ1) is 18.1. The number of anilines is 1. The molecule has 2 aliphatic rings. The van der Waals surface area contributed by atoms with Gasteiger partial charge in [-0.25, -0.2) is 4.98 Å². The van der Waals surface area contributed by atoms with Crippen molar-refractivity contribution < 1.29 is 9.59 Å². The van der Waals surface area contributed by atoms with Crippen LogP contribution in [-0.4, -0.2) is 34.3 Å². The van der Waals surface area contributed by atoms with Gasteiger partial charge >= 0.3 is 0 Å². The van der Waals surface area contributed by atoms with Crippen LogP contribution in [0.15, 0.2) is 65.5 Å². The molecule has 0 unspecified atom stereocenters. The minimum Gasteiger partial charge on any atom is -0.333 e. The minimum absolute atomic E-state index is 0.00494. The standard InChI is InChI=1S/C23H21N3O2S/c27-21(19-14-29-15-24-19)26-13-12-23(17-8-4-5-9-18(17)25-22(23)28)20(26)11-10-16-6-2-1-3-7-16/h1-9,14-15,20H,10-13H2,(H,25,28)/t20-,23-/m0/s1. The summed E-state index contributed by atoms with van der Waals surface area (Å²) in [6.07, 6.45) is 2.16. The fourth-order valence-electron chi connectivity index (χ4n) is 4.86. The van der Waals surface area contributed by atoms with Crippen LogP contribution in [-0.2, 0) is 16.6 Å². The number of benzene rings is 2. The minimum atomic E-state index is -0.697. The van der Waals surface area contributed by atoms with Gasteiger partial charge in [-0.3, -0.25) is 9.59 Å². The number of hydrogen-bond acceptors (Lipinski definition) is 4. The van der Waals surface area contributed by atoms with Gasteiger partial charge in [0.25, 0.3) is 5.91 Å². The van der Waals surface area contributed by atoms with Crippen LogP contribution >= 0.6 is 11.3 Å². The Morgan fingerprint density at radius 1 is 1.17 bits per heavy atom. The molecule has 3 heterocycles. The highest BCUT2D eigenvalue weighted by Crippen LogP contribution is 2.49. The molecule has 6 heteroatoms. The van der Waals surface area contributed by atoms with Gasteiger partial charge in [-0.1, -0.05) is 48.5 Å². The number of nitrogens with one attached hydrogen (secondary N) is 1. The summed E-state index contributed by atoms with van der Waals surface area (Å²) < 4.78 is 0. The number of nitrogens with zero attached hydrogens (tertiary/aromatic N) is 2. The zero-order chi connectivity index (χ0) is 19.8. The van der Waals surface area contributed by atoms with Gasteiger partial charge in [0.15, 0.2) is 0 Å². The van der Waals surface area contributed by atoms with Gasteiger partial charge in [-0.2, -0.15) is 0 Å². The highest BCUT2D eigenvalue weighted by Gasteiger charge is 2.58. The molecule has 1 N–H and O–H groups in total. The van der Waals surface area contributed by atoms with Crippen molar-refractivity contribution in [2.75, 3.05) is 11.9 Å². The monoisotopic (exact) mass is 403 g/mol. The van der Waals surface area contributed by atoms with Gasteiger partial charge in [-0.05, 0) is 36.5 Å². The Hall–Kier alpha value is -2.99. The van der Waals surface area contributed by atoms with Crippen LogP contribution in [0, 0.1) is 0 Å². The van der Waals surface area contributed by atoms with E-state index < -0.39 is 5.41 Å². The molecule has 1 saturated heterocycles. The quantitative estimate of drug-likeness (QED) is 0.719. The number of rotatable bonds is 4. The molecule has 2 aliphatic heterocycles. The number of amides is 2. The molecule has 0 aliphatic carbocycles. The van der Waals surface area contributed by atoms with Gasteiger partial charge in [0.2, 0.25) is 5.91 Å². The fourth-order valence-corrected chi connectivity index (χ4v) is 5.39. The fraction of sp³-hybridized carbons (Fsp3) is 0.261. The molecular weight excluding hydrogens is 382 g/mol. The third kappa shape index (κ3) is 2.86. The van der Waals surface area contributed by atoms with Crippen LogP contribution in [0.2, 0.25) is 0 Å². The van der Waals surface area contributed by atoms with Gasteiger partial charge in [-0.15, -0.1) is 11.3 Å². The topological polar surface area (TPSA) is 62.3 Å². The summed E-state index contributed by atoms with van der Waals surface area (Å²) in [6.45, 7) is 0.553. The molecule has 0 radical (unpaired) electrons. The summed E-state index contributed by atoms with van der Waals surface area (Å²) in [6, 6.07) is 17.9. The van der Waals surface area contributed by atoms with Crippen LogP contribution in [0.5, 0.6) is 0 Å². The highest BCUT2D eigenvalue weighted by molar-refractivity contribution is 7.07. The van der Waals surface area contributed by atoms with Crippen LogP contribution in [0.3, 0.4) is 0 Å². The number of aryl methyl sites for hydroxylation is 1. The maximum absolute atomic E-state index is 13.3. The molecule has 0 saturated carbocycles. The lowest BCUT2D eigenvalue weighted by atomic mass is 9.73. The predicted octanol–water partition coefficient (Wildman–Crippen LogP) is 3.88. The molecule has 5 nitrogen and oxygen atoms in total. The number of carbonyl (C=O) groups excluding carboxylic acids is 2. The number of fused-ring (bicyclic) bond motifs is 2. The first-order valence-electron chi connectivity index (χ1n) is 9.84. The van der Waals surface area contributed by atoms with Gasteiger partial charge in [0.05, 0.1) is 17.0 Å². The molecule has 0 bridgehead atoms. The second-order valence-electron chi connectivity index (χ2n) is 7.63. The van der Waals surface area contributed by atoms with E-state index in [0.29, 0.717) is 18.7 Å². The first-order valence-corrected chi connectivity index (χ1v) is 10.8. The van der Waals surface area contributed by atoms with Gasteiger partial charge in [0, 0.05) is 17.6 Å². The van der Waals surface area contributed by atoms with E-state index in [1.54, 1.807) is 10.9 Å². The van der Waals surface area contributed by atoms with Crippen molar-refractivity contribution in [2.24, 2.45) is 0 Å². The van der Waals surface area contributed by atoms with Crippen molar-refractivity contribution in [1.82, 2.24) is 9.88 Å². The van der Waals surface area contributed by atoms with E-state index in [1.165, 1.54) is 16.9 Å². The van der Waals surface area contributed by atoms with Crippen LogP contribution in [0.4, 0.5) is 5.69 Å². The third-order valence-electron chi connectivity index (χ3n) is 6.21. The third-order valence-corrected chi connectivity index (χ3v) is 6.80. The van der Waals surface area contributed by atoms with Crippen LogP contribution in [0.1, 0.15) is 34.5 Å². The molecule has 1 aromatic heterocycles. The Bertz CT molecular complexity index is 1050. The summed E-state index contributed by atoms with van der Waals surface area (Å²) in [5.74, 6) is -0.0799. The van der Waals surface area contributed by atoms with E-state index in [2.05, 4.69) is 22.4 Å². The molecular formula is C23H21N3O2S. The molecule has 2 aromatic carbocycles. The maximum Gasteiger partial charge on any atom is 0.273 e. The van der Waals surface area contributed by atoms with E-state index >= 15 is 0 Å². The van der Waals surface area contributed by atoms with Crippen LogP contribution < -0.4 is 5.32 Å². The van der Waals surface area contributed by atoms with E-state index in [0.717, 1.165) is 24.1 Å². The number of carbonyl (C=O) groups is 2. The molecule has 29 heavy (non-hydrogen) atoms. The molecule has 2 atom stereocenters. The highest BCUT2D eigenvalue weighted by atomic mass is 32.1. The Morgan fingerprint density at radius 3 is 2.76 bits per heavy atom. The van der Waals surface area contributed by atoms with Crippen LogP contribution in [0.25, 0.3) is 0 Å². The van der Waals surface area contributed by atoms with E-state index in [9.17, 15) is 9.59 Å². The Balaban J connectivity index is 1.54. The van der Waals surface area contributed by atoms with Crippen molar-refractivity contribution in [2.45, 2.75) is 30.7 Å². The maximum atomic E-state index is 13.3. The molecule has 3 aromatic rings. The van der Waals surface area contributed by atoms with Crippen molar-refractivity contribution in [3.05, 3.63) is 82.3 Å². The van der Waals surface area contributed by atoms with E-state index in [4.69, 9.17) is 0 Å². The molecule has 1 spiro atoms. The summed E-state index contributed by atoms with van der Waals surface area (Å²) in [5, 5.41) is 4.84. The summed E-state index contributed by atoms with van der Waals surface area (Å²) in [4.78, 5) is 32.6. The Labute approximate surface area is 173 Å². The average Bonchev–Trinajstić information content (AvgIpc) is 3.47. The number of thiazole rings is 1. The largest absolute Gasteiger partial charge is 0.333 e. The zero-order valence-corrected chi connectivity index (χ0v) is 16.7. The van der Waals surface area contributed by atoms with Gasteiger partial charge in [0.1, 0.15) is 5.69 Å². The van der Waals surface area contributed by atoms with Crippen molar-refractivity contribution in [1.29, 1.82) is 0 Å². The summed E-state index contributed by atoms with van der Waals surface area (Å²) >= 11 is 1.41. The number of likely N-dealkylation sites (tertiary alicyclic amines) is 1. The Morgan fingerprint density at radius 2 is 1.97 bits per heavy atom. The van der Waals surface area contributed by atoms with E-state index in [1.807, 2.05) is 47.4 Å². The lowest BCUT2D eigenvalue weighted by Crippen LogP contribution is -2.49. The van der Waals surface area contributed by atoms with Gasteiger partial charge < -0.3 is 10.2 Å². The summed E-state index contributed by atoms with van der Waals surface area (Å²) in [7, 11) is 0. The molecule has 2 amide bonds. The summed E-state index contributed by atoms with van der Waals surface area (Å²) in [5.41, 5.74) is 4.53. The smallest absolute Gasteiger partial charge is 0.273 e. The predicted molar refractivity (Wildman–Crippen MR) is 113 cm³/mol. The molecule has 5 rings (SSSR count). The lowest BCUT2D eigenvalue weighted by molar-refractivity contribution is -0.121. The average molecular weight is 404 g/mol. The molecule has 146 valence electrons. The lowest BCUT2D eigenvalue weighted by Gasteiger charge is -2.34. The Kier molecular flexibility index (Phi) is 4.43. The molecule has 1 fully saturated rings. The number of hydrogen-bond donors (Lipinski definition) is 1. The van der Waals surface area contributed by atoms with Crippen molar-refractivity contribution >= 4 is 28.8 Å². The SMILES string of the molecule is O=C(c1cscn1)N1CC[C@@]2(C(=O)Nc3ccccc32)[C@@H]1CCc1ccccc1. The van der Waals surface area contributed by atoms with Crippen molar-refractivity contribution in [3.63, 3.8) is 0 Å². The van der Waals surface area contributed by atoms with E-state index in [-0.39, 0.29) is 17.9 Å². The first-order chi connectivity index (χ1) is 14.2. The van der Waals surface area contributed by atoms with Crippen molar-refractivity contribution in [3.8, 4) is 0 Å². The number of para-hydroxylation sites is 1. The normalized spacial score (nSPS) is 22.7. The second-order valence-corrected chi connectivity index (χ2v) is 8.35.